The maximum atomic E-state index is 4.29. The highest BCUT2D eigenvalue weighted by Gasteiger charge is 2.33. The normalized spacial score (nSPS) is 33.8. The van der Waals surface area contributed by atoms with Gasteiger partial charge < -0.3 is 10.6 Å². The third kappa shape index (κ3) is 3.35. The highest BCUT2D eigenvalue weighted by molar-refractivity contribution is 5.80. The predicted octanol–water partition coefficient (Wildman–Crippen LogP) is 1.04. The van der Waals surface area contributed by atoms with Gasteiger partial charge >= 0.3 is 0 Å². The summed E-state index contributed by atoms with van der Waals surface area (Å²) in [7, 11) is 1.86. The maximum absolute atomic E-state index is 4.29. The van der Waals surface area contributed by atoms with Gasteiger partial charge in [0.05, 0.1) is 0 Å². The molecule has 0 radical (unpaired) electrons. The summed E-state index contributed by atoms with van der Waals surface area (Å²) in [5.41, 5.74) is 0. The minimum atomic E-state index is 0.645. The van der Waals surface area contributed by atoms with Gasteiger partial charge in [0.25, 0.3) is 0 Å². The van der Waals surface area contributed by atoms with Crippen LogP contribution in [0.3, 0.4) is 0 Å². The van der Waals surface area contributed by atoms with Gasteiger partial charge in [0.2, 0.25) is 0 Å². The minimum Gasteiger partial charge on any atom is -0.355 e. The molecular weight excluding hydrogens is 212 g/mol. The van der Waals surface area contributed by atoms with Crippen LogP contribution < -0.4 is 10.6 Å². The lowest BCUT2D eigenvalue weighted by atomic mass is 10.2. The number of hydrogen-bond donors (Lipinski definition) is 2. The van der Waals surface area contributed by atoms with E-state index in [1.807, 2.05) is 7.05 Å². The van der Waals surface area contributed by atoms with Crippen LogP contribution in [0.15, 0.2) is 4.99 Å². The van der Waals surface area contributed by atoms with Crippen LogP contribution in [0.5, 0.6) is 0 Å². The summed E-state index contributed by atoms with van der Waals surface area (Å²) in [5.74, 6) is 1.79. The number of guanidine groups is 1. The second-order valence-electron chi connectivity index (χ2n) is 5.34. The highest BCUT2D eigenvalue weighted by Crippen LogP contribution is 2.28. The fourth-order valence-electron chi connectivity index (χ4n) is 2.65. The van der Waals surface area contributed by atoms with Crippen LogP contribution in [0, 0.1) is 5.92 Å². The lowest BCUT2D eigenvalue weighted by Gasteiger charge is -2.24. The summed E-state index contributed by atoms with van der Waals surface area (Å²) < 4.78 is 0. The van der Waals surface area contributed by atoms with Gasteiger partial charge in [0.1, 0.15) is 0 Å². The molecule has 2 N–H and O–H groups in total. The molecule has 1 heterocycles. The van der Waals surface area contributed by atoms with Crippen molar-refractivity contribution in [2.24, 2.45) is 10.9 Å². The van der Waals surface area contributed by atoms with Crippen LogP contribution in [0.4, 0.5) is 0 Å². The van der Waals surface area contributed by atoms with Crippen molar-refractivity contribution >= 4 is 5.96 Å². The Balaban J connectivity index is 1.72. The Morgan fingerprint density at radius 3 is 2.82 bits per heavy atom. The summed E-state index contributed by atoms with van der Waals surface area (Å²) in [4.78, 5) is 6.85. The molecule has 2 rings (SSSR count). The van der Waals surface area contributed by atoms with Crippen LogP contribution in [0.1, 0.15) is 33.1 Å². The van der Waals surface area contributed by atoms with Gasteiger partial charge in [-0.05, 0) is 38.3 Å². The molecule has 98 valence electrons. The Kier molecular flexibility index (Phi) is 4.26. The number of nitrogens with one attached hydrogen (secondary N) is 2. The number of likely N-dealkylation sites (N-methyl/N-ethyl adjacent to an activating group) is 1. The molecule has 3 unspecified atom stereocenters. The largest absolute Gasteiger partial charge is 0.355 e. The zero-order valence-corrected chi connectivity index (χ0v) is 11.4. The molecule has 3 atom stereocenters. The molecule has 0 amide bonds. The number of nitrogens with zero attached hydrogens (tertiary/aromatic N) is 2. The van der Waals surface area contributed by atoms with Crippen molar-refractivity contribution in [1.29, 1.82) is 0 Å². The van der Waals surface area contributed by atoms with E-state index in [0.29, 0.717) is 12.1 Å². The van der Waals surface area contributed by atoms with Crippen molar-refractivity contribution < 1.29 is 0 Å². The average Bonchev–Trinajstić information content (AvgIpc) is 2.85. The Bertz CT molecular complexity index is 277. The Morgan fingerprint density at radius 1 is 1.47 bits per heavy atom. The molecule has 0 aromatic carbocycles. The fraction of sp³-hybridized carbons (Fsp3) is 0.923. The van der Waals surface area contributed by atoms with Crippen molar-refractivity contribution in [3.8, 4) is 0 Å². The van der Waals surface area contributed by atoms with E-state index in [4.69, 9.17) is 0 Å². The molecule has 2 aliphatic rings. The molecule has 1 aliphatic heterocycles. The van der Waals surface area contributed by atoms with Crippen LogP contribution in [-0.4, -0.2) is 49.6 Å². The maximum Gasteiger partial charge on any atom is 0.191 e. The molecule has 1 aliphatic carbocycles. The zero-order valence-electron chi connectivity index (χ0n) is 11.4. The third-order valence-electron chi connectivity index (χ3n) is 4.07. The second kappa shape index (κ2) is 5.71. The summed E-state index contributed by atoms with van der Waals surface area (Å²) in [5, 5.41) is 6.93. The van der Waals surface area contributed by atoms with Gasteiger partial charge in [-0.25, -0.2) is 0 Å². The average molecular weight is 238 g/mol. The summed E-state index contributed by atoms with van der Waals surface area (Å²) in [6.45, 7) is 7.97. The number of rotatable bonds is 4. The lowest BCUT2D eigenvalue weighted by Crippen LogP contribution is -2.45. The molecule has 0 spiro atoms. The number of hydrogen-bond acceptors (Lipinski definition) is 2. The van der Waals surface area contributed by atoms with Gasteiger partial charge in [0.15, 0.2) is 5.96 Å². The Hall–Kier alpha value is -0.770. The van der Waals surface area contributed by atoms with Crippen molar-refractivity contribution in [2.75, 3.05) is 26.7 Å². The highest BCUT2D eigenvalue weighted by atomic mass is 15.2. The fourth-order valence-corrected chi connectivity index (χ4v) is 2.65. The SMILES string of the molecule is CCN1CCCC1CNC(=NC)NC1CC1C. The van der Waals surface area contributed by atoms with E-state index in [1.165, 1.54) is 25.8 Å². The van der Waals surface area contributed by atoms with Gasteiger partial charge in [-0.15, -0.1) is 0 Å². The van der Waals surface area contributed by atoms with Crippen LogP contribution >= 0.6 is 0 Å². The molecular formula is C13H26N4. The van der Waals surface area contributed by atoms with Crippen LogP contribution in [0.25, 0.3) is 0 Å². The van der Waals surface area contributed by atoms with Crippen molar-refractivity contribution in [3.05, 3.63) is 0 Å². The summed E-state index contributed by atoms with van der Waals surface area (Å²) >= 11 is 0. The number of aliphatic imine (C=N–C) groups is 1. The zero-order chi connectivity index (χ0) is 12.3. The first-order valence-corrected chi connectivity index (χ1v) is 6.95. The van der Waals surface area contributed by atoms with E-state index in [9.17, 15) is 0 Å². The molecule has 1 saturated heterocycles. The van der Waals surface area contributed by atoms with E-state index in [2.05, 4.69) is 34.4 Å². The monoisotopic (exact) mass is 238 g/mol. The van der Waals surface area contributed by atoms with E-state index in [0.717, 1.165) is 25.0 Å². The van der Waals surface area contributed by atoms with Gasteiger partial charge in [0, 0.05) is 25.7 Å². The topological polar surface area (TPSA) is 39.7 Å². The van der Waals surface area contributed by atoms with E-state index >= 15 is 0 Å². The molecule has 4 nitrogen and oxygen atoms in total. The van der Waals surface area contributed by atoms with E-state index < -0.39 is 0 Å². The molecule has 17 heavy (non-hydrogen) atoms. The molecule has 0 aromatic rings. The minimum absolute atomic E-state index is 0.645. The Morgan fingerprint density at radius 2 is 2.24 bits per heavy atom. The predicted molar refractivity (Wildman–Crippen MR) is 72.3 cm³/mol. The first-order valence-electron chi connectivity index (χ1n) is 6.95. The van der Waals surface area contributed by atoms with Crippen molar-refractivity contribution in [1.82, 2.24) is 15.5 Å². The van der Waals surface area contributed by atoms with Crippen LogP contribution in [0.2, 0.25) is 0 Å². The molecule has 4 heteroatoms. The van der Waals surface area contributed by atoms with Crippen molar-refractivity contribution in [2.45, 2.75) is 45.2 Å². The second-order valence-corrected chi connectivity index (χ2v) is 5.34. The van der Waals surface area contributed by atoms with Crippen molar-refractivity contribution in [3.63, 3.8) is 0 Å². The lowest BCUT2D eigenvalue weighted by molar-refractivity contribution is 0.267. The standard InChI is InChI=1S/C13H26N4/c1-4-17-7-5-6-11(17)9-15-13(14-3)16-12-8-10(12)2/h10-12H,4-9H2,1-3H3,(H2,14,15,16). The van der Waals surface area contributed by atoms with E-state index in [1.54, 1.807) is 0 Å². The quantitative estimate of drug-likeness (QED) is 0.568. The van der Waals surface area contributed by atoms with E-state index in [-0.39, 0.29) is 0 Å². The molecule has 0 aromatic heterocycles. The summed E-state index contributed by atoms with van der Waals surface area (Å²) in [6, 6.07) is 1.34. The third-order valence-corrected chi connectivity index (χ3v) is 4.07. The molecule has 2 fully saturated rings. The van der Waals surface area contributed by atoms with Gasteiger partial charge in [-0.3, -0.25) is 9.89 Å². The molecule has 0 bridgehead atoms. The van der Waals surface area contributed by atoms with Gasteiger partial charge in [-0.1, -0.05) is 13.8 Å². The molecule has 1 saturated carbocycles. The Labute approximate surface area is 105 Å². The van der Waals surface area contributed by atoms with Crippen LogP contribution in [-0.2, 0) is 0 Å². The first-order chi connectivity index (χ1) is 8.24. The van der Waals surface area contributed by atoms with Gasteiger partial charge in [-0.2, -0.15) is 0 Å². The smallest absolute Gasteiger partial charge is 0.191 e. The first kappa shape index (κ1) is 12.7. The number of likely N-dealkylation sites (tertiary alicyclic amines) is 1. The summed E-state index contributed by atoms with van der Waals surface area (Å²) in [6.07, 6.45) is 3.94.